The molecule has 0 bridgehead atoms. The van der Waals surface area contributed by atoms with Crippen molar-refractivity contribution in [2.75, 3.05) is 13.6 Å². The van der Waals surface area contributed by atoms with Crippen molar-refractivity contribution >= 4 is 11.3 Å². The lowest BCUT2D eigenvalue weighted by Crippen LogP contribution is -2.49. The molecule has 1 heterocycles. The third-order valence-corrected chi connectivity index (χ3v) is 4.04. The van der Waals surface area contributed by atoms with E-state index in [0.29, 0.717) is 6.54 Å². The minimum atomic E-state index is 0.0896. The van der Waals surface area contributed by atoms with Crippen LogP contribution in [0.4, 0.5) is 0 Å². The Hall–Kier alpha value is -0.450. The first-order valence-corrected chi connectivity index (χ1v) is 6.72. The summed E-state index contributed by atoms with van der Waals surface area (Å²) in [5.41, 5.74) is 7.14. The number of likely N-dealkylation sites (N-methyl/N-ethyl adjacent to an activating group) is 1. The minimum Gasteiger partial charge on any atom is -0.329 e. The predicted octanol–water partition coefficient (Wildman–Crippen LogP) is 2.40. The highest BCUT2D eigenvalue weighted by molar-refractivity contribution is 7.09. The van der Waals surface area contributed by atoms with E-state index in [1.165, 1.54) is 0 Å². The molecule has 0 radical (unpaired) electrons. The lowest BCUT2D eigenvalue weighted by molar-refractivity contribution is 0.124. The van der Waals surface area contributed by atoms with Crippen LogP contribution in [0.1, 0.15) is 37.4 Å². The molecule has 0 aliphatic heterocycles. The second kappa shape index (κ2) is 5.75. The van der Waals surface area contributed by atoms with Gasteiger partial charge in [-0.25, -0.2) is 4.98 Å². The smallest absolute Gasteiger partial charge is 0.0897 e. The van der Waals surface area contributed by atoms with Crippen LogP contribution in [-0.4, -0.2) is 29.0 Å². The molecule has 0 fully saturated rings. The molecule has 1 unspecified atom stereocenters. The van der Waals surface area contributed by atoms with Crippen molar-refractivity contribution in [1.29, 1.82) is 0 Å². The summed E-state index contributed by atoms with van der Waals surface area (Å²) in [5, 5.41) is 3.27. The van der Waals surface area contributed by atoms with Gasteiger partial charge < -0.3 is 5.73 Å². The number of aryl methyl sites for hydroxylation is 1. The summed E-state index contributed by atoms with van der Waals surface area (Å²) in [6, 6.07) is 0. The molecule has 0 aliphatic carbocycles. The van der Waals surface area contributed by atoms with Crippen LogP contribution >= 0.6 is 11.3 Å². The predicted molar refractivity (Wildman–Crippen MR) is 70.7 cm³/mol. The Kier molecular flexibility index (Phi) is 4.89. The fourth-order valence-corrected chi connectivity index (χ4v) is 2.51. The molecule has 2 N–H and O–H groups in total. The van der Waals surface area contributed by atoms with E-state index in [9.17, 15) is 0 Å². The van der Waals surface area contributed by atoms with E-state index in [0.717, 1.165) is 30.1 Å². The van der Waals surface area contributed by atoms with Crippen molar-refractivity contribution in [3.05, 3.63) is 16.1 Å². The lowest BCUT2D eigenvalue weighted by atomic mass is 9.94. The standard InChI is InChI=1S/C12H23N3S/c1-5-6-12(3,9-13)15(4)7-11-8-16-10(2)14-11/h8H,5-7,9,13H2,1-4H3. The molecule has 16 heavy (non-hydrogen) atoms. The lowest BCUT2D eigenvalue weighted by Gasteiger charge is -2.37. The van der Waals surface area contributed by atoms with Gasteiger partial charge in [-0.15, -0.1) is 11.3 Å². The number of hydrogen-bond donors (Lipinski definition) is 1. The summed E-state index contributed by atoms with van der Waals surface area (Å²) < 4.78 is 0. The third kappa shape index (κ3) is 3.27. The highest BCUT2D eigenvalue weighted by Gasteiger charge is 2.26. The topological polar surface area (TPSA) is 42.1 Å². The fraction of sp³-hybridized carbons (Fsp3) is 0.750. The van der Waals surface area contributed by atoms with Gasteiger partial charge in [0.15, 0.2) is 0 Å². The molecule has 0 saturated heterocycles. The second-order valence-electron chi connectivity index (χ2n) is 4.66. The van der Waals surface area contributed by atoms with Gasteiger partial charge in [0, 0.05) is 24.0 Å². The maximum Gasteiger partial charge on any atom is 0.0897 e. The van der Waals surface area contributed by atoms with Crippen molar-refractivity contribution in [1.82, 2.24) is 9.88 Å². The zero-order valence-corrected chi connectivity index (χ0v) is 11.6. The summed E-state index contributed by atoms with van der Waals surface area (Å²) >= 11 is 1.71. The van der Waals surface area contributed by atoms with Gasteiger partial charge >= 0.3 is 0 Å². The third-order valence-electron chi connectivity index (χ3n) is 3.22. The minimum absolute atomic E-state index is 0.0896. The highest BCUT2D eigenvalue weighted by Crippen LogP contribution is 2.21. The van der Waals surface area contributed by atoms with E-state index in [2.05, 4.69) is 36.2 Å². The first kappa shape index (κ1) is 13.6. The molecule has 0 aliphatic rings. The van der Waals surface area contributed by atoms with Crippen LogP contribution in [0.2, 0.25) is 0 Å². The first-order valence-electron chi connectivity index (χ1n) is 5.84. The van der Waals surface area contributed by atoms with Gasteiger partial charge in [-0.05, 0) is 27.3 Å². The van der Waals surface area contributed by atoms with E-state index >= 15 is 0 Å². The number of nitrogens with two attached hydrogens (primary N) is 1. The van der Waals surface area contributed by atoms with Crippen LogP contribution in [0.5, 0.6) is 0 Å². The molecular weight excluding hydrogens is 218 g/mol. The Morgan fingerprint density at radius 2 is 2.25 bits per heavy atom. The average Bonchev–Trinajstić information content (AvgIpc) is 2.64. The van der Waals surface area contributed by atoms with Crippen LogP contribution in [0.3, 0.4) is 0 Å². The van der Waals surface area contributed by atoms with Gasteiger partial charge in [-0.2, -0.15) is 0 Å². The molecule has 1 aromatic rings. The van der Waals surface area contributed by atoms with E-state index in [1.54, 1.807) is 11.3 Å². The van der Waals surface area contributed by atoms with Crippen LogP contribution in [-0.2, 0) is 6.54 Å². The van der Waals surface area contributed by atoms with Gasteiger partial charge in [0.2, 0.25) is 0 Å². The molecule has 1 atom stereocenters. The van der Waals surface area contributed by atoms with E-state index in [-0.39, 0.29) is 5.54 Å². The zero-order chi connectivity index (χ0) is 12.2. The fourth-order valence-electron chi connectivity index (χ4n) is 1.90. The van der Waals surface area contributed by atoms with E-state index < -0.39 is 0 Å². The molecular formula is C12H23N3S. The van der Waals surface area contributed by atoms with Crippen LogP contribution in [0, 0.1) is 6.92 Å². The Labute approximate surface area is 103 Å². The SMILES string of the molecule is CCCC(C)(CN)N(C)Cc1csc(C)n1. The second-order valence-corrected chi connectivity index (χ2v) is 5.73. The Balaban J connectivity index is 2.65. The van der Waals surface area contributed by atoms with Crippen LogP contribution in [0.25, 0.3) is 0 Å². The van der Waals surface area contributed by atoms with Crippen molar-refractivity contribution in [2.45, 2.75) is 45.7 Å². The van der Waals surface area contributed by atoms with Gasteiger partial charge in [0.1, 0.15) is 0 Å². The van der Waals surface area contributed by atoms with Crippen molar-refractivity contribution in [3.8, 4) is 0 Å². The molecule has 0 aromatic carbocycles. The summed E-state index contributed by atoms with van der Waals surface area (Å²) in [4.78, 5) is 6.82. The van der Waals surface area contributed by atoms with Crippen LogP contribution < -0.4 is 5.73 Å². The molecule has 1 rings (SSSR count). The molecule has 92 valence electrons. The number of nitrogens with zero attached hydrogens (tertiary/aromatic N) is 2. The maximum absolute atomic E-state index is 5.89. The Bertz CT molecular complexity index is 324. The summed E-state index contributed by atoms with van der Waals surface area (Å²) in [5.74, 6) is 0. The normalized spacial score (nSPS) is 15.4. The molecule has 1 aromatic heterocycles. The van der Waals surface area contributed by atoms with Crippen molar-refractivity contribution < 1.29 is 0 Å². The molecule has 3 nitrogen and oxygen atoms in total. The summed E-state index contributed by atoms with van der Waals surface area (Å²) in [6.07, 6.45) is 2.29. The van der Waals surface area contributed by atoms with E-state index in [4.69, 9.17) is 5.73 Å². The number of rotatable bonds is 6. The van der Waals surface area contributed by atoms with Crippen molar-refractivity contribution in [2.24, 2.45) is 5.73 Å². The van der Waals surface area contributed by atoms with Gasteiger partial charge in [0.05, 0.1) is 10.7 Å². The van der Waals surface area contributed by atoms with Crippen LogP contribution in [0.15, 0.2) is 5.38 Å². The highest BCUT2D eigenvalue weighted by atomic mass is 32.1. The summed E-state index contributed by atoms with van der Waals surface area (Å²) in [6.45, 7) is 8.06. The maximum atomic E-state index is 5.89. The first-order chi connectivity index (χ1) is 7.51. The number of hydrogen-bond acceptors (Lipinski definition) is 4. The summed E-state index contributed by atoms with van der Waals surface area (Å²) in [7, 11) is 2.14. The zero-order valence-electron chi connectivity index (χ0n) is 10.8. The van der Waals surface area contributed by atoms with Gasteiger partial charge in [-0.3, -0.25) is 4.90 Å². The average molecular weight is 241 g/mol. The molecule has 4 heteroatoms. The largest absolute Gasteiger partial charge is 0.329 e. The Morgan fingerprint density at radius 1 is 1.56 bits per heavy atom. The van der Waals surface area contributed by atoms with Gasteiger partial charge in [-0.1, -0.05) is 13.3 Å². The molecule has 0 spiro atoms. The van der Waals surface area contributed by atoms with E-state index in [1.807, 2.05) is 6.92 Å². The monoisotopic (exact) mass is 241 g/mol. The molecule has 0 saturated carbocycles. The van der Waals surface area contributed by atoms with Crippen molar-refractivity contribution in [3.63, 3.8) is 0 Å². The number of thiazole rings is 1. The Morgan fingerprint density at radius 3 is 2.69 bits per heavy atom. The number of aromatic nitrogens is 1. The van der Waals surface area contributed by atoms with Gasteiger partial charge in [0.25, 0.3) is 0 Å². The quantitative estimate of drug-likeness (QED) is 0.831. The molecule has 0 amide bonds.